The zero-order chi connectivity index (χ0) is 19.1. The molecule has 0 fully saturated rings. The molecule has 26 heavy (non-hydrogen) atoms. The van der Waals surface area contributed by atoms with Gasteiger partial charge in [-0.15, -0.1) is 0 Å². The molecule has 0 aliphatic heterocycles. The molecule has 0 saturated carbocycles. The van der Waals surface area contributed by atoms with Crippen molar-refractivity contribution in [1.29, 1.82) is 0 Å². The molecule has 2 heterocycles. The van der Waals surface area contributed by atoms with Crippen LogP contribution >= 0.6 is 0 Å². The lowest BCUT2D eigenvalue weighted by atomic mass is 10.2. The van der Waals surface area contributed by atoms with Gasteiger partial charge in [-0.1, -0.05) is 20.8 Å². The van der Waals surface area contributed by atoms with Crippen LogP contribution in [0.15, 0.2) is 41.1 Å². The van der Waals surface area contributed by atoms with E-state index in [1.165, 1.54) is 6.26 Å². The molecule has 0 aliphatic rings. The number of rotatable bonds is 9. The van der Waals surface area contributed by atoms with Crippen molar-refractivity contribution in [3.05, 3.63) is 48.2 Å². The Kier molecular flexibility index (Phi) is 7.06. The molecule has 0 aliphatic carbocycles. The van der Waals surface area contributed by atoms with Crippen molar-refractivity contribution in [2.75, 3.05) is 19.6 Å². The molecular formula is C20H29N3O3. The summed E-state index contributed by atoms with van der Waals surface area (Å²) in [7, 11) is 1.97. The summed E-state index contributed by atoms with van der Waals surface area (Å²) in [5.41, 5.74) is 1.07. The van der Waals surface area contributed by atoms with Crippen molar-refractivity contribution in [2.45, 2.75) is 33.7 Å². The van der Waals surface area contributed by atoms with Crippen LogP contribution in [0.1, 0.15) is 43.4 Å². The van der Waals surface area contributed by atoms with E-state index in [0.717, 1.165) is 12.1 Å². The van der Waals surface area contributed by atoms with Crippen molar-refractivity contribution in [3.8, 4) is 0 Å². The Balaban J connectivity index is 2.12. The second kappa shape index (κ2) is 9.27. The van der Waals surface area contributed by atoms with Gasteiger partial charge in [0.1, 0.15) is 6.54 Å². The number of amides is 2. The van der Waals surface area contributed by atoms with Crippen LogP contribution in [-0.2, 0) is 18.4 Å². The van der Waals surface area contributed by atoms with Crippen molar-refractivity contribution in [2.24, 2.45) is 13.0 Å². The van der Waals surface area contributed by atoms with Crippen LogP contribution in [0.25, 0.3) is 0 Å². The average Bonchev–Trinajstić information content (AvgIpc) is 3.25. The van der Waals surface area contributed by atoms with Gasteiger partial charge in [0.2, 0.25) is 5.91 Å². The molecule has 2 amide bonds. The van der Waals surface area contributed by atoms with E-state index in [9.17, 15) is 9.59 Å². The predicted molar refractivity (Wildman–Crippen MR) is 101 cm³/mol. The Labute approximate surface area is 155 Å². The van der Waals surface area contributed by atoms with Crippen LogP contribution in [0.4, 0.5) is 0 Å². The van der Waals surface area contributed by atoms with Crippen LogP contribution in [-0.4, -0.2) is 45.8 Å². The fraction of sp³-hybridized carbons (Fsp3) is 0.500. The summed E-state index contributed by atoms with van der Waals surface area (Å²) in [6, 6.07) is 7.29. The Hall–Kier alpha value is -2.50. The number of furan rings is 1. The third-order valence-electron chi connectivity index (χ3n) is 4.18. The van der Waals surface area contributed by atoms with Crippen molar-refractivity contribution in [3.63, 3.8) is 0 Å². The average molecular weight is 359 g/mol. The number of carbonyl (C=O) groups excluding carboxylic acids is 2. The first-order chi connectivity index (χ1) is 12.4. The molecule has 2 aromatic heterocycles. The van der Waals surface area contributed by atoms with Crippen molar-refractivity contribution >= 4 is 11.8 Å². The molecule has 0 saturated heterocycles. The van der Waals surface area contributed by atoms with E-state index in [1.807, 2.05) is 41.8 Å². The van der Waals surface area contributed by atoms with Gasteiger partial charge in [-0.3, -0.25) is 9.59 Å². The minimum absolute atomic E-state index is 0.0479. The fourth-order valence-electron chi connectivity index (χ4n) is 2.89. The highest BCUT2D eigenvalue weighted by atomic mass is 16.3. The van der Waals surface area contributed by atoms with Crippen LogP contribution in [0.3, 0.4) is 0 Å². The summed E-state index contributed by atoms with van der Waals surface area (Å²) in [6.45, 7) is 7.93. The van der Waals surface area contributed by atoms with E-state index >= 15 is 0 Å². The van der Waals surface area contributed by atoms with E-state index in [2.05, 4.69) is 13.8 Å². The zero-order valence-corrected chi connectivity index (χ0v) is 16.1. The summed E-state index contributed by atoms with van der Waals surface area (Å²) >= 11 is 0. The van der Waals surface area contributed by atoms with Gasteiger partial charge in [-0.2, -0.15) is 0 Å². The molecule has 0 radical (unpaired) electrons. The molecule has 142 valence electrons. The Morgan fingerprint density at radius 1 is 1.19 bits per heavy atom. The van der Waals surface area contributed by atoms with Crippen LogP contribution in [0, 0.1) is 5.92 Å². The molecule has 0 N–H and O–H groups in total. The number of hydrogen-bond donors (Lipinski definition) is 0. The predicted octanol–water partition coefficient (Wildman–Crippen LogP) is 3.16. The quantitative estimate of drug-likeness (QED) is 0.691. The largest absolute Gasteiger partial charge is 0.459 e. The van der Waals surface area contributed by atoms with Gasteiger partial charge in [0.15, 0.2) is 5.76 Å². The van der Waals surface area contributed by atoms with E-state index < -0.39 is 0 Å². The van der Waals surface area contributed by atoms with E-state index in [0.29, 0.717) is 25.6 Å². The van der Waals surface area contributed by atoms with Gasteiger partial charge in [0.05, 0.1) is 12.8 Å². The third-order valence-corrected chi connectivity index (χ3v) is 4.18. The van der Waals surface area contributed by atoms with Gasteiger partial charge < -0.3 is 18.8 Å². The van der Waals surface area contributed by atoms with Crippen LogP contribution in [0.2, 0.25) is 0 Å². The lowest BCUT2D eigenvalue weighted by molar-refractivity contribution is -0.133. The highest BCUT2D eigenvalue weighted by Crippen LogP contribution is 2.11. The summed E-state index contributed by atoms with van der Waals surface area (Å²) in [5.74, 6) is 0.325. The SMILES string of the molecule is CCCN(CC(=O)N(Cc1cccn1C)CC(C)C)C(=O)c1ccco1. The maximum atomic E-state index is 13.0. The maximum Gasteiger partial charge on any atom is 0.290 e. The smallest absolute Gasteiger partial charge is 0.290 e. The first kappa shape index (κ1) is 19.8. The van der Waals surface area contributed by atoms with Gasteiger partial charge >= 0.3 is 0 Å². The van der Waals surface area contributed by atoms with E-state index in [-0.39, 0.29) is 24.1 Å². The Morgan fingerprint density at radius 3 is 2.50 bits per heavy atom. The van der Waals surface area contributed by atoms with Crippen molar-refractivity contribution in [1.82, 2.24) is 14.4 Å². The number of aryl methyl sites for hydroxylation is 1. The number of carbonyl (C=O) groups is 2. The van der Waals surface area contributed by atoms with Crippen LogP contribution < -0.4 is 0 Å². The second-order valence-corrected chi connectivity index (χ2v) is 6.98. The Bertz CT molecular complexity index is 704. The summed E-state index contributed by atoms with van der Waals surface area (Å²) in [4.78, 5) is 29.0. The molecule has 6 nitrogen and oxygen atoms in total. The summed E-state index contributed by atoms with van der Waals surface area (Å²) in [5, 5.41) is 0. The molecule has 0 spiro atoms. The first-order valence-electron chi connectivity index (χ1n) is 9.13. The number of hydrogen-bond acceptors (Lipinski definition) is 3. The molecule has 2 aromatic rings. The molecule has 0 aromatic carbocycles. The molecular weight excluding hydrogens is 330 g/mol. The van der Waals surface area contributed by atoms with E-state index in [1.54, 1.807) is 17.0 Å². The first-order valence-corrected chi connectivity index (χ1v) is 9.13. The monoisotopic (exact) mass is 359 g/mol. The third kappa shape index (κ3) is 5.25. The number of aromatic nitrogens is 1. The normalized spacial score (nSPS) is 11.0. The fourth-order valence-corrected chi connectivity index (χ4v) is 2.89. The highest BCUT2D eigenvalue weighted by molar-refractivity contribution is 5.94. The molecule has 0 atom stereocenters. The van der Waals surface area contributed by atoms with Crippen molar-refractivity contribution < 1.29 is 14.0 Å². The van der Waals surface area contributed by atoms with Gasteiger partial charge in [-0.05, 0) is 36.6 Å². The van der Waals surface area contributed by atoms with Gasteiger partial charge in [0, 0.05) is 32.0 Å². The topological polar surface area (TPSA) is 58.7 Å². The second-order valence-electron chi connectivity index (χ2n) is 6.98. The molecule has 2 rings (SSSR count). The lowest BCUT2D eigenvalue weighted by Crippen LogP contribution is -2.44. The standard InChI is InChI=1S/C20H29N3O3/c1-5-10-22(20(25)18-9-7-12-26-18)15-19(24)23(13-16(2)3)14-17-8-6-11-21(17)4/h6-9,11-12,16H,5,10,13-15H2,1-4H3. The van der Waals surface area contributed by atoms with Gasteiger partial charge in [0.25, 0.3) is 5.91 Å². The van der Waals surface area contributed by atoms with Gasteiger partial charge in [-0.25, -0.2) is 0 Å². The minimum atomic E-state index is -0.242. The van der Waals surface area contributed by atoms with E-state index in [4.69, 9.17) is 4.42 Å². The minimum Gasteiger partial charge on any atom is -0.459 e. The molecule has 0 bridgehead atoms. The maximum absolute atomic E-state index is 13.0. The summed E-state index contributed by atoms with van der Waals surface area (Å²) < 4.78 is 7.22. The lowest BCUT2D eigenvalue weighted by Gasteiger charge is -2.28. The number of nitrogens with zero attached hydrogens (tertiary/aromatic N) is 3. The molecule has 0 unspecified atom stereocenters. The zero-order valence-electron chi connectivity index (χ0n) is 16.1. The Morgan fingerprint density at radius 2 is 1.96 bits per heavy atom. The van der Waals surface area contributed by atoms with Crippen LogP contribution in [0.5, 0.6) is 0 Å². The summed E-state index contributed by atoms with van der Waals surface area (Å²) in [6.07, 6.45) is 4.22. The molecule has 6 heteroatoms. The highest BCUT2D eigenvalue weighted by Gasteiger charge is 2.24.